The highest BCUT2D eigenvalue weighted by molar-refractivity contribution is 5.71. The maximum atomic E-state index is 10.9. The van der Waals surface area contributed by atoms with Crippen molar-refractivity contribution in [1.82, 2.24) is 0 Å². The molecule has 254 valence electrons. The molecular weight excluding hydrogens is 604 g/mol. The summed E-state index contributed by atoms with van der Waals surface area (Å²) in [6.45, 7) is 18.9. The average Bonchev–Trinajstić information content (AvgIpc) is 3.83. The van der Waals surface area contributed by atoms with Gasteiger partial charge in [0.15, 0.2) is 0 Å². The third-order valence-electron chi connectivity index (χ3n) is 9.07. The van der Waals surface area contributed by atoms with E-state index in [1.807, 2.05) is 27.7 Å². The predicted octanol–water partition coefficient (Wildman–Crippen LogP) is 8.21. The van der Waals surface area contributed by atoms with Gasteiger partial charge in [0.1, 0.15) is 55.0 Å². The number of benzene rings is 4. The fraction of sp³-hybridized carbons (Fsp3) is 0.415. The lowest BCUT2D eigenvalue weighted by Crippen LogP contribution is -2.32. The maximum absolute atomic E-state index is 10.9. The Labute approximate surface area is 284 Å². The van der Waals surface area contributed by atoms with Crippen LogP contribution in [0.1, 0.15) is 50.9 Å². The van der Waals surface area contributed by atoms with Crippen LogP contribution in [0.5, 0.6) is 23.0 Å². The van der Waals surface area contributed by atoms with Crippen LogP contribution in [-0.4, -0.2) is 56.6 Å². The summed E-state index contributed by atoms with van der Waals surface area (Å²) in [6, 6.07) is 17.2. The zero-order valence-electron chi connectivity index (χ0n) is 29.5. The zero-order valence-corrected chi connectivity index (χ0v) is 29.5. The molecule has 48 heavy (non-hydrogen) atoms. The Morgan fingerprint density at radius 1 is 0.562 bits per heavy atom. The van der Waals surface area contributed by atoms with Crippen LogP contribution in [0.3, 0.4) is 0 Å². The van der Waals surface area contributed by atoms with Crippen LogP contribution in [-0.2, 0) is 9.47 Å². The maximum Gasteiger partial charge on any atom is 0.202 e. The lowest BCUT2D eigenvalue weighted by molar-refractivity contribution is -0.165. The second-order valence-corrected chi connectivity index (χ2v) is 13.5. The Balaban J connectivity index is 1.07. The van der Waals surface area contributed by atoms with Gasteiger partial charge in [-0.15, -0.1) is 0 Å². The van der Waals surface area contributed by atoms with Gasteiger partial charge in [0, 0.05) is 6.42 Å². The van der Waals surface area contributed by atoms with Crippen LogP contribution in [0.4, 0.5) is 0 Å². The summed E-state index contributed by atoms with van der Waals surface area (Å²) in [7, 11) is 0. The Kier molecular flexibility index (Phi) is 10.0. The van der Waals surface area contributed by atoms with Gasteiger partial charge >= 0.3 is 0 Å². The molecule has 6 rings (SSSR count). The largest absolute Gasteiger partial charge is 0.490 e. The Morgan fingerprint density at radius 2 is 0.896 bits per heavy atom. The molecule has 7 nitrogen and oxygen atoms in total. The summed E-state index contributed by atoms with van der Waals surface area (Å²) in [4.78, 5) is 0. The van der Waals surface area contributed by atoms with E-state index >= 15 is 0 Å². The second-order valence-electron chi connectivity index (χ2n) is 13.5. The van der Waals surface area contributed by atoms with E-state index in [0.29, 0.717) is 6.61 Å². The minimum atomic E-state index is -0.793. The molecule has 0 bridgehead atoms. The molecule has 0 amide bonds. The Morgan fingerprint density at radius 3 is 1.21 bits per heavy atom. The first-order chi connectivity index (χ1) is 23.0. The molecule has 2 saturated heterocycles. The number of aliphatic hydroxyl groups is 1. The van der Waals surface area contributed by atoms with Gasteiger partial charge in [-0.2, -0.15) is 0 Å². The third kappa shape index (κ3) is 7.64. The Hall–Kier alpha value is -4.04. The van der Waals surface area contributed by atoms with E-state index in [9.17, 15) is 5.11 Å². The van der Waals surface area contributed by atoms with Crippen molar-refractivity contribution in [2.45, 2.75) is 80.3 Å². The number of rotatable bonds is 13. The van der Waals surface area contributed by atoms with Crippen molar-refractivity contribution in [3.8, 4) is 45.3 Å². The fourth-order valence-electron chi connectivity index (χ4n) is 6.52. The van der Waals surface area contributed by atoms with Crippen LogP contribution in [0.2, 0.25) is 0 Å². The lowest BCUT2D eigenvalue weighted by atomic mass is 9.96. The molecule has 0 aromatic heterocycles. The molecule has 0 radical (unpaired) electrons. The summed E-state index contributed by atoms with van der Waals surface area (Å²) in [5.74, 6) is 3.40. The van der Waals surface area contributed by atoms with E-state index in [4.69, 9.17) is 28.4 Å². The molecule has 4 aromatic carbocycles. The second kappa shape index (κ2) is 14.2. The first-order valence-electron chi connectivity index (χ1n) is 16.9. The molecule has 2 heterocycles. The van der Waals surface area contributed by atoms with Crippen LogP contribution < -0.4 is 18.9 Å². The van der Waals surface area contributed by atoms with Crippen molar-refractivity contribution in [2.24, 2.45) is 0 Å². The minimum Gasteiger partial charge on any atom is -0.490 e. The van der Waals surface area contributed by atoms with Gasteiger partial charge in [0.25, 0.3) is 0 Å². The van der Waals surface area contributed by atoms with Gasteiger partial charge < -0.3 is 33.5 Å². The van der Waals surface area contributed by atoms with Crippen molar-refractivity contribution >= 4 is 0 Å². The number of epoxide rings is 1. The number of ether oxygens (including phenoxy) is 6. The predicted molar refractivity (Wildman–Crippen MR) is 189 cm³/mol. The van der Waals surface area contributed by atoms with Crippen molar-refractivity contribution in [2.75, 3.05) is 33.0 Å². The topological polar surface area (TPSA) is 78.9 Å². The first kappa shape index (κ1) is 33.8. The van der Waals surface area contributed by atoms with Gasteiger partial charge in [0.2, 0.25) is 6.29 Å². The van der Waals surface area contributed by atoms with Crippen LogP contribution in [0.15, 0.2) is 48.5 Å². The summed E-state index contributed by atoms with van der Waals surface area (Å²) < 4.78 is 35.2. The van der Waals surface area contributed by atoms with E-state index in [2.05, 4.69) is 76.2 Å². The number of aryl methyl sites for hydroxylation is 8. The molecule has 4 aromatic rings. The highest BCUT2D eigenvalue weighted by Gasteiger charge is 2.24. The van der Waals surface area contributed by atoms with E-state index in [0.717, 1.165) is 109 Å². The summed E-state index contributed by atoms with van der Waals surface area (Å²) in [5, 5.41) is 10.9. The van der Waals surface area contributed by atoms with E-state index in [1.54, 1.807) is 0 Å². The highest BCUT2D eigenvalue weighted by Crippen LogP contribution is 2.37. The minimum absolute atomic E-state index is 0.130. The number of hydrogen-bond donors (Lipinski definition) is 1. The quantitative estimate of drug-likeness (QED) is 0.146. The monoisotopic (exact) mass is 652 g/mol. The van der Waals surface area contributed by atoms with Gasteiger partial charge in [-0.1, -0.05) is 0 Å². The van der Waals surface area contributed by atoms with Gasteiger partial charge in [-0.05, 0) is 171 Å². The van der Waals surface area contributed by atoms with E-state index in [1.165, 1.54) is 0 Å². The highest BCUT2D eigenvalue weighted by atomic mass is 16.7. The number of hydrogen-bond acceptors (Lipinski definition) is 7. The molecule has 7 heteroatoms. The smallest absolute Gasteiger partial charge is 0.202 e. The molecule has 2 aliphatic rings. The first-order valence-corrected chi connectivity index (χ1v) is 16.9. The molecule has 0 spiro atoms. The molecule has 2 fully saturated rings. The standard InChI is InChI=1S/C41H48O7/c1-23-11-31(32-15-27(5)40(28(6)16-32)47-22-36-21-44-36)12-24(2)38(23)45-19-35(42)20-46-39-25(3)13-33(14-26(39)4)34-17-29(7)41(30(8)18-34)48-37-9-10-43-37/h11-18,35-37,42H,9-10,19-22H2,1-8H3. The van der Waals surface area contributed by atoms with Crippen molar-refractivity contribution in [1.29, 1.82) is 0 Å². The number of aliphatic hydroxyl groups excluding tert-OH is 1. The zero-order chi connectivity index (χ0) is 34.1. The molecule has 1 N–H and O–H groups in total. The summed E-state index contributed by atoms with van der Waals surface area (Å²) >= 11 is 0. The SMILES string of the molecule is Cc1cc(-c2cc(C)c(OCC3CO3)c(C)c2)cc(C)c1OCC(O)COc1c(C)cc(-c2cc(C)c(OC3CCO3)c(C)c2)cc1C. The summed E-state index contributed by atoms with van der Waals surface area (Å²) in [6.07, 6.45) is 0.220. The normalized spacial score (nSPS) is 17.4. The fourth-order valence-corrected chi connectivity index (χ4v) is 6.52. The van der Waals surface area contributed by atoms with Crippen LogP contribution in [0, 0.1) is 55.4 Å². The molecule has 2 aliphatic heterocycles. The van der Waals surface area contributed by atoms with Crippen molar-refractivity contribution < 1.29 is 33.5 Å². The van der Waals surface area contributed by atoms with Crippen molar-refractivity contribution in [3.05, 3.63) is 93.0 Å². The summed E-state index contributed by atoms with van der Waals surface area (Å²) in [5.41, 5.74) is 13.0. The average molecular weight is 653 g/mol. The van der Waals surface area contributed by atoms with E-state index in [-0.39, 0.29) is 25.6 Å². The molecule has 0 saturated carbocycles. The van der Waals surface area contributed by atoms with Crippen LogP contribution in [0.25, 0.3) is 22.3 Å². The molecular formula is C41H48O7. The van der Waals surface area contributed by atoms with Crippen molar-refractivity contribution in [3.63, 3.8) is 0 Å². The molecule has 3 atom stereocenters. The van der Waals surface area contributed by atoms with Crippen LogP contribution >= 0.6 is 0 Å². The lowest BCUT2D eigenvalue weighted by Gasteiger charge is -2.28. The Bertz CT molecular complexity index is 1710. The van der Waals surface area contributed by atoms with Gasteiger partial charge in [-0.25, -0.2) is 0 Å². The van der Waals surface area contributed by atoms with Gasteiger partial charge in [0.05, 0.1) is 13.2 Å². The van der Waals surface area contributed by atoms with Gasteiger partial charge in [-0.3, -0.25) is 0 Å². The molecule has 0 aliphatic carbocycles. The van der Waals surface area contributed by atoms with E-state index < -0.39 is 6.10 Å². The molecule has 3 unspecified atom stereocenters. The third-order valence-corrected chi connectivity index (χ3v) is 9.07.